The summed E-state index contributed by atoms with van der Waals surface area (Å²) >= 11 is 0. The molecule has 1 atom stereocenters. The Kier molecular flexibility index (Phi) is 5.74. The van der Waals surface area contributed by atoms with E-state index in [0.29, 0.717) is 12.2 Å². The number of hydrogen-bond donors (Lipinski definition) is 2. The third-order valence-electron chi connectivity index (χ3n) is 3.46. The van der Waals surface area contributed by atoms with Crippen molar-refractivity contribution in [3.05, 3.63) is 41.6 Å². The summed E-state index contributed by atoms with van der Waals surface area (Å²) in [6, 6.07) is 8.36. The van der Waals surface area contributed by atoms with Gasteiger partial charge in [0.15, 0.2) is 6.10 Å². The molecule has 0 bridgehead atoms. The Hall–Kier alpha value is -3.34. The van der Waals surface area contributed by atoms with Crippen molar-refractivity contribution in [1.82, 2.24) is 15.1 Å². The summed E-state index contributed by atoms with van der Waals surface area (Å²) in [5.41, 5.74) is 6.85. The molecule has 8 nitrogen and oxygen atoms in total. The van der Waals surface area contributed by atoms with Gasteiger partial charge in [-0.2, -0.15) is 10.4 Å². The average molecular weight is 341 g/mol. The van der Waals surface area contributed by atoms with Crippen molar-refractivity contribution in [2.24, 2.45) is 0 Å². The molecule has 1 amide bonds. The van der Waals surface area contributed by atoms with E-state index in [9.17, 15) is 9.59 Å². The first kappa shape index (κ1) is 18.0. The summed E-state index contributed by atoms with van der Waals surface area (Å²) in [5.74, 6) is -0.797. The number of nitriles is 1. The number of rotatable bonds is 6. The smallest absolute Gasteiger partial charge is 0.338 e. The highest BCUT2D eigenvalue weighted by atomic mass is 16.5. The molecule has 2 aromatic rings. The van der Waals surface area contributed by atoms with Gasteiger partial charge in [0, 0.05) is 6.54 Å². The number of benzene rings is 1. The fraction of sp³-hybridized carbons (Fsp3) is 0.294. The maximum atomic E-state index is 12.2. The number of nitrogens with two attached hydrogens (primary N) is 1. The summed E-state index contributed by atoms with van der Waals surface area (Å²) in [7, 11) is 0. The third kappa shape index (κ3) is 4.14. The number of nitrogens with one attached hydrogen (secondary N) is 1. The summed E-state index contributed by atoms with van der Waals surface area (Å²) in [6.07, 6.45) is 1.24. The van der Waals surface area contributed by atoms with E-state index in [-0.39, 0.29) is 22.9 Å². The predicted octanol–water partition coefficient (Wildman–Crippen LogP) is 1.40. The molecule has 2 rings (SSSR count). The number of carbonyl (C=O) groups is 2. The molecule has 0 fully saturated rings. The maximum Gasteiger partial charge on any atom is 0.338 e. The van der Waals surface area contributed by atoms with Crippen LogP contribution in [0.1, 0.15) is 36.2 Å². The van der Waals surface area contributed by atoms with E-state index in [2.05, 4.69) is 10.4 Å². The highest BCUT2D eigenvalue weighted by Crippen LogP contribution is 2.18. The van der Waals surface area contributed by atoms with Crippen LogP contribution >= 0.6 is 0 Å². The van der Waals surface area contributed by atoms with E-state index in [0.717, 1.165) is 6.42 Å². The Morgan fingerprint density at radius 1 is 1.48 bits per heavy atom. The molecule has 0 spiro atoms. The molecule has 0 aliphatic rings. The lowest BCUT2D eigenvalue weighted by Gasteiger charge is -2.13. The van der Waals surface area contributed by atoms with E-state index in [1.54, 1.807) is 18.2 Å². The minimum atomic E-state index is -0.900. The van der Waals surface area contributed by atoms with Crippen molar-refractivity contribution >= 4 is 17.7 Å². The zero-order chi connectivity index (χ0) is 18.4. The van der Waals surface area contributed by atoms with Crippen LogP contribution in [-0.4, -0.2) is 34.3 Å². The van der Waals surface area contributed by atoms with Gasteiger partial charge in [-0.15, -0.1) is 0 Å². The number of hydrogen-bond acceptors (Lipinski definition) is 6. The zero-order valence-electron chi connectivity index (χ0n) is 14.0. The molecule has 0 aliphatic carbocycles. The number of anilines is 1. The van der Waals surface area contributed by atoms with Crippen molar-refractivity contribution in [3.8, 4) is 11.8 Å². The Bertz CT molecular complexity index is 822. The second kappa shape index (κ2) is 7.97. The topological polar surface area (TPSA) is 123 Å². The quantitative estimate of drug-likeness (QED) is 0.766. The molecule has 1 unspecified atom stereocenters. The van der Waals surface area contributed by atoms with Gasteiger partial charge in [0.05, 0.1) is 17.4 Å². The first-order valence-electron chi connectivity index (χ1n) is 7.80. The van der Waals surface area contributed by atoms with E-state index in [4.69, 9.17) is 15.7 Å². The molecule has 0 saturated carbocycles. The Balaban J connectivity index is 2.15. The Morgan fingerprint density at radius 3 is 2.88 bits per heavy atom. The third-order valence-corrected chi connectivity index (χ3v) is 3.46. The average Bonchev–Trinajstić information content (AvgIpc) is 3.00. The number of ether oxygens (including phenoxy) is 1. The van der Waals surface area contributed by atoms with E-state index < -0.39 is 12.1 Å². The lowest BCUT2D eigenvalue weighted by Crippen LogP contribution is -2.36. The fourth-order valence-corrected chi connectivity index (χ4v) is 2.09. The number of nitrogens with zero attached hydrogens (tertiary/aromatic N) is 3. The maximum absolute atomic E-state index is 12.2. The van der Waals surface area contributed by atoms with Gasteiger partial charge >= 0.3 is 5.97 Å². The zero-order valence-corrected chi connectivity index (χ0v) is 14.0. The molecule has 1 aromatic heterocycles. The largest absolute Gasteiger partial charge is 0.449 e. The van der Waals surface area contributed by atoms with Gasteiger partial charge in [-0.05, 0) is 31.5 Å². The lowest BCUT2D eigenvalue weighted by molar-refractivity contribution is -0.129. The highest BCUT2D eigenvalue weighted by molar-refractivity contribution is 5.92. The molecule has 0 saturated heterocycles. The standard InChI is InChI=1S/C17H19N5O3/c1-3-7-20-16(23)11(2)25-17(24)12-5-4-6-14(8-12)22-15(19)13(9-18)10-21-22/h4-6,8,10-11H,3,7,19H2,1-2H3,(H,20,23). The SMILES string of the molecule is CCCNC(=O)C(C)OC(=O)c1cccc(-n2ncc(C#N)c2N)c1. The number of amides is 1. The molecular weight excluding hydrogens is 322 g/mol. The number of nitrogen functional groups attached to an aromatic ring is 1. The van der Waals surface area contributed by atoms with E-state index in [1.807, 2.05) is 13.0 Å². The summed E-state index contributed by atoms with van der Waals surface area (Å²) < 4.78 is 6.53. The van der Waals surface area contributed by atoms with Crippen molar-refractivity contribution in [1.29, 1.82) is 5.26 Å². The second-order valence-corrected chi connectivity index (χ2v) is 5.36. The monoisotopic (exact) mass is 341 g/mol. The number of carbonyl (C=O) groups excluding carboxylic acids is 2. The summed E-state index contributed by atoms with van der Waals surface area (Å²) in [5, 5.41) is 15.6. The normalized spacial score (nSPS) is 11.4. The van der Waals surface area contributed by atoms with Crippen LogP contribution in [0.4, 0.5) is 5.82 Å². The Labute approximate surface area is 145 Å². The molecule has 8 heteroatoms. The molecule has 1 heterocycles. The highest BCUT2D eigenvalue weighted by Gasteiger charge is 2.19. The molecule has 1 aromatic carbocycles. The number of esters is 1. The van der Waals surface area contributed by atoms with Gasteiger partial charge in [-0.3, -0.25) is 4.79 Å². The van der Waals surface area contributed by atoms with Crippen LogP contribution in [0.5, 0.6) is 0 Å². The van der Waals surface area contributed by atoms with Gasteiger partial charge in [0.25, 0.3) is 5.91 Å². The lowest BCUT2D eigenvalue weighted by atomic mass is 10.2. The van der Waals surface area contributed by atoms with Crippen molar-refractivity contribution < 1.29 is 14.3 Å². The fourth-order valence-electron chi connectivity index (χ4n) is 2.09. The van der Waals surface area contributed by atoms with Crippen molar-refractivity contribution in [2.75, 3.05) is 12.3 Å². The van der Waals surface area contributed by atoms with Crippen LogP contribution in [0.15, 0.2) is 30.5 Å². The van der Waals surface area contributed by atoms with Gasteiger partial charge < -0.3 is 15.8 Å². The summed E-state index contributed by atoms with van der Waals surface area (Å²) in [6.45, 7) is 3.97. The van der Waals surface area contributed by atoms with Crippen molar-refractivity contribution in [2.45, 2.75) is 26.4 Å². The number of aromatic nitrogens is 2. The minimum Gasteiger partial charge on any atom is -0.449 e. The Morgan fingerprint density at radius 2 is 2.24 bits per heavy atom. The van der Waals surface area contributed by atoms with Crippen LogP contribution in [0.2, 0.25) is 0 Å². The van der Waals surface area contributed by atoms with Crippen LogP contribution in [0, 0.1) is 11.3 Å². The summed E-state index contributed by atoms with van der Waals surface area (Å²) in [4.78, 5) is 24.0. The first-order valence-corrected chi connectivity index (χ1v) is 7.80. The van der Waals surface area contributed by atoms with Crippen LogP contribution in [0.3, 0.4) is 0 Å². The van der Waals surface area contributed by atoms with Gasteiger partial charge in [-0.25, -0.2) is 9.48 Å². The predicted molar refractivity (Wildman–Crippen MR) is 90.9 cm³/mol. The van der Waals surface area contributed by atoms with E-state index in [1.165, 1.54) is 23.9 Å². The van der Waals surface area contributed by atoms with Crippen LogP contribution in [0.25, 0.3) is 5.69 Å². The van der Waals surface area contributed by atoms with Gasteiger partial charge in [-0.1, -0.05) is 13.0 Å². The van der Waals surface area contributed by atoms with Crippen LogP contribution in [-0.2, 0) is 9.53 Å². The molecular formula is C17H19N5O3. The first-order chi connectivity index (χ1) is 12.0. The van der Waals surface area contributed by atoms with Gasteiger partial charge in [0.2, 0.25) is 0 Å². The molecule has 0 radical (unpaired) electrons. The molecule has 0 aliphatic heterocycles. The second-order valence-electron chi connectivity index (χ2n) is 5.36. The minimum absolute atomic E-state index is 0.181. The molecule has 25 heavy (non-hydrogen) atoms. The van der Waals surface area contributed by atoms with Gasteiger partial charge in [0.1, 0.15) is 17.5 Å². The van der Waals surface area contributed by atoms with Crippen LogP contribution < -0.4 is 11.1 Å². The molecule has 3 N–H and O–H groups in total. The van der Waals surface area contributed by atoms with E-state index >= 15 is 0 Å². The molecule has 130 valence electrons. The van der Waals surface area contributed by atoms with Crippen molar-refractivity contribution in [3.63, 3.8) is 0 Å².